The molecule has 1 atom stereocenters. The van der Waals surface area contributed by atoms with E-state index in [2.05, 4.69) is 15.5 Å². The van der Waals surface area contributed by atoms with Gasteiger partial charge in [0, 0.05) is 6.20 Å². The lowest BCUT2D eigenvalue weighted by Gasteiger charge is -2.14. The van der Waals surface area contributed by atoms with E-state index in [0.717, 1.165) is 0 Å². The summed E-state index contributed by atoms with van der Waals surface area (Å²) in [6.45, 7) is 3.71. The summed E-state index contributed by atoms with van der Waals surface area (Å²) in [5, 5.41) is 15.5. The van der Waals surface area contributed by atoms with Gasteiger partial charge in [0.15, 0.2) is 0 Å². The van der Waals surface area contributed by atoms with Gasteiger partial charge in [-0.1, -0.05) is 28.4 Å². The number of oxime groups is 1. The van der Waals surface area contributed by atoms with Crippen molar-refractivity contribution in [2.24, 2.45) is 5.16 Å². The standard InChI is InChI=1S/C11H13Cl2N3O3/c1-3-19-16-9(6(2)15-11(17)18)10-8(13)4-7(12)5-14-10/h4-6,15H,3H2,1-2H3,(H,17,18)/b16-9-/t6-/m0/s1. The molecule has 19 heavy (non-hydrogen) atoms. The van der Waals surface area contributed by atoms with Gasteiger partial charge < -0.3 is 15.3 Å². The fraction of sp³-hybridized carbons (Fsp3) is 0.364. The number of amides is 1. The van der Waals surface area contributed by atoms with Crippen molar-refractivity contribution in [3.8, 4) is 0 Å². The van der Waals surface area contributed by atoms with Crippen molar-refractivity contribution in [2.45, 2.75) is 19.9 Å². The Labute approximate surface area is 120 Å². The first kappa shape index (κ1) is 15.5. The molecule has 0 aliphatic heterocycles. The Bertz CT molecular complexity index is 494. The minimum atomic E-state index is -1.18. The van der Waals surface area contributed by atoms with Gasteiger partial charge in [-0.25, -0.2) is 4.79 Å². The maximum absolute atomic E-state index is 10.7. The van der Waals surface area contributed by atoms with E-state index in [9.17, 15) is 4.79 Å². The first-order chi connectivity index (χ1) is 8.95. The predicted octanol–water partition coefficient (Wildman–Crippen LogP) is 2.79. The Kier molecular flexibility index (Phi) is 5.85. The molecule has 1 amide bonds. The van der Waals surface area contributed by atoms with Crippen molar-refractivity contribution < 1.29 is 14.7 Å². The van der Waals surface area contributed by atoms with E-state index in [-0.39, 0.29) is 10.7 Å². The largest absolute Gasteiger partial charge is 0.465 e. The van der Waals surface area contributed by atoms with Crippen LogP contribution in [0, 0.1) is 0 Å². The number of hydrogen-bond donors (Lipinski definition) is 2. The second kappa shape index (κ2) is 7.16. The number of halogens is 2. The van der Waals surface area contributed by atoms with Gasteiger partial charge in [0.25, 0.3) is 0 Å². The van der Waals surface area contributed by atoms with Gasteiger partial charge in [0.05, 0.1) is 16.1 Å². The van der Waals surface area contributed by atoms with Gasteiger partial charge in [-0.05, 0) is 19.9 Å². The Morgan fingerprint density at radius 1 is 1.63 bits per heavy atom. The highest BCUT2D eigenvalue weighted by molar-refractivity contribution is 6.36. The monoisotopic (exact) mass is 305 g/mol. The molecule has 0 spiro atoms. The smallest absolute Gasteiger partial charge is 0.405 e. The van der Waals surface area contributed by atoms with E-state index >= 15 is 0 Å². The van der Waals surface area contributed by atoms with E-state index in [1.165, 1.54) is 12.3 Å². The van der Waals surface area contributed by atoms with Gasteiger partial charge in [0.2, 0.25) is 0 Å². The first-order valence-corrected chi connectivity index (χ1v) is 6.22. The fourth-order valence-corrected chi connectivity index (χ4v) is 1.79. The maximum atomic E-state index is 10.7. The lowest BCUT2D eigenvalue weighted by Crippen LogP contribution is -2.38. The van der Waals surface area contributed by atoms with E-state index in [0.29, 0.717) is 17.3 Å². The molecule has 0 unspecified atom stereocenters. The molecule has 1 heterocycles. The molecule has 0 radical (unpaired) electrons. The van der Waals surface area contributed by atoms with E-state index in [1.807, 2.05) is 0 Å². The third-order valence-electron chi connectivity index (χ3n) is 2.09. The Morgan fingerprint density at radius 2 is 2.32 bits per heavy atom. The average molecular weight is 306 g/mol. The SMILES string of the molecule is CCO/N=C(\c1ncc(Cl)cc1Cl)[C@H](C)NC(=O)O. The summed E-state index contributed by atoms with van der Waals surface area (Å²) in [5.74, 6) is 0. The number of carbonyl (C=O) groups is 1. The summed E-state index contributed by atoms with van der Waals surface area (Å²) in [4.78, 5) is 19.7. The normalized spacial score (nSPS) is 12.9. The first-order valence-electron chi connectivity index (χ1n) is 5.46. The quantitative estimate of drug-likeness (QED) is 0.647. The lowest BCUT2D eigenvalue weighted by molar-refractivity contribution is 0.157. The summed E-state index contributed by atoms with van der Waals surface area (Å²) in [5.41, 5.74) is 0.603. The summed E-state index contributed by atoms with van der Waals surface area (Å²) in [6.07, 6.45) is 0.222. The molecular formula is C11H13Cl2N3O3. The van der Waals surface area contributed by atoms with Crippen molar-refractivity contribution in [3.63, 3.8) is 0 Å². The van der Waals surface area contributed by atoms with Crippen LogP contribution in [0.3, 0.4) is 0 Å². The van der Waals surface area contributed by atoms with Crippen LogP contribution in [0.25, 0.3) is 0 Å². The van der Waals surface area contributed by atoms with Gasteiger partial charge in [0.1, 0.15) is 18.0 Å². The molecule has 0 saturated carbocycles. The highest BCUT2D eigenvalue weighted by Gasteiger charge is 2.20. The molecule has 8 heteroatoms. The lowest BCUT2D eigenvalue weighted by atomic mass is 10.1. The second-order valence-electron chi connectivity index (χ2n) is 3.55. The number of nitrogens with one attached hydrogen (secondary N) is 1. The predicted molar refractivity (Wildman–Crippen MR) is 73.0 cm³/mol. The molecule has 0 saturated heterocycles. The minimum absolute atomic E-state index is 0.269. The highest BCUT2D eigenvalue weighted by Crippen LogP contribution is 2.20. The number of aromatic nitrogens is 1. The fourth-order valence-electron chi connectivity index (χ4n) is 1.32. The van der Waals surface area contributed by atoms with Gasteiger partial charge in [-0.2, -0.15) is 0 Å². The van der Waals surface area contributed by atoms with Gasteiger partial charge in [-0.3, -0.25) is 4.98 Å². The zero-order valence-corrected chi connectivity index (χ0v) is 11.9. The molecule has 0 aliphatic rings. The molecule has 0 bridgehead atoms. The highest BCUT2D eigenvalue weighted by atomic mass is 35.5. The number of nitrogens with zero attached hydrogens (tertiary/aromatic N) is 2. The minimum Gasteiger partial charge on any atom is -0.465 e. The van der Waals surface area contributed by atoms with E-state index in [4.69, 9.17) is 33.1 Å². The molecule has 104 valence electrons. The molecule has 6 nitrogen and oxygen atoms in total. The van der Waals surface area contributed by atoms with Crippen LogP contribution in [0.15, 0.2) is 17.4 Å². The molecule has 0 fully saturated rings. The number of hydrogen-bond acceptors (Lipinski definition) is 4. The Balaban J connectivity index is 3.12. The van der Waals surface area contributed by atoms with Crippen molar-refractivity contribution in [1.29, 1.82) is 0 Å². The molecule has 1 aromatic heterocycles. The van der Waals surface area contributed by atoms with Crippen LogP contribution in [0.1, 0.15) is 19.5 Å². The van der Waals surface area contributed by atoms with Gasteiger partial charge in [-0.15, -0.1) is 0 Å². The van der Waals surface area contributed by atoms with E-state index < -0.39 is 12.1 Å². The zero-order chi connectivity index (χ0) is 14.4. The Hall–Kier alpha value is -1.53. The summed E-state index contributed by atoms with van der Waals surface area (Å²) >= 11 is 11.8. The second-order valence-corrected chi connectivity index (χ2v) is 4.39. The third kappa shape index (κ3) is 4.57. The van der Waals surface area contributed by atoms with Crippen molar-refractivity contribution in [1.82, 2.24) is 10.3 Å². The van der Waals surface area contributed by atoms with Gasteiger partial charge >= 0.3 is 6.09 Å². The van der Waals surface area contributed by atoms with Crippen LogP contribution in [-0.2, 0) is 4.84 Å². The number of rotatable bonds is 5. The molecule has 0 aliphatic carbocycles. The number of pyridine rings is 1. The van der Waals surface area contributed by atoms with E-state index in [1.54, 1.807) is 13.8 Å². The van der Waals surface area contributed by atoms with Crippen LogP contribution < -0.4 is 5.32 Å². The Morgan fingerprint density at radius 3 is 2.84 bits per heavy atom. The van der Waals surface area contributed by atoms with Crippen LogP contribution >= 0.6 is 23.2 Å². The topological polar surface area (TPSA) is 83.8 Å². The van der Waals surface area contributed by atoms with Crippen LogP contribution in [-0.4, -0.2) is 34.5 Å². The molecule has 2 N–H and O–H groups in total. The molecular weight excluding hydrogens is 293 g/mol. The average Bonchev–Trinajstić information content (AvgIpc) is 2.31. The van der Waals surface area contributed by atoms with Crippen LogP contribution in [0.2, 0.25) is 10.0 Å². The number of carboxylic acid groups (broad SMARTS) is 1. The summed E-state index contributed by atoms with van der Waals surface area (Å²) in [6, 6.07) is 0.871. The van der Waals surface area contributed by atoms with Crippen LogP contribution in [0.5, 0.6) is 0 Å². The maximum Gasteiger partial charge on any atom is 0.405 e. The van der Waals surface area contributed by atoms with Crippen molar-refractivity contribution in [2.75, 3.05) is 6.61 Å². The van der Waals surface area contributed by atoms with Crippen LogP contribution in [0.4, 0.5) is 4.79 Å². The zero-order valence-electron chi connectivity index (χ0n) is 10.4. The van der Waals surface area contributed by atoms with Crippen molar-refractivity contribution >= 4 is 35.0 Å². The third-order valence-corrected chi connectivity index (χ3v) is 2.59. The summed E-state index contributed by atoms with van der Waals surface area (Å²) < 4.78 is 0. The molecule has 0 aromatic carbocycles. The molecule has 1 aromatic rings. The molecule has 1 rings (SSSR count). The summed E-state index contributed by atoms with van der Waals surface area (Å²) in [7, 11) is 0. The van der Waals surface area contributed by atoms with Crippen molar-refractivity contribution in [3.05, 3.63) is 28.0 Å².